The summed E-state index contributed by atoms with van der Waals surface area (Å²) in [6.07, 6.45) is 1.77. The van der Waals surface area contributed by atoms with Crippen molar-refractivity contribution in [1.29, 1.82) is 0 Å². The lowest BCUT2D eigenvalue weighted by Gasteiger charge is -2.16. The van der Waals surface area contributed by atoms with Crippen molar-refractivity contribution in [2.24, 2.45) is 11.8 Å². The van der Waals surface area contributed by atoms with Crippen molar-refractivity contribution in [1.82, 2.24) is 0 Å². The van der Waals surface area contributed by atoms with Gasteiger partial charge in [0.25, 0.3) is 5.69 Å². The summed E-state index contributed by atoms with van der Waals surface area (Å²) in [4.78, 5) is 33.5. The molecule has 1 saturated carbocycles. The fraction of sp³-hybridized carbons (Fsp3) is 0.429. The van der Waals surface area contributed by atoms with E-state index < -0.39 is 22.7 Å². The van der Waals surface area contributed by atoms with Gasteiger partial charge in [-0.05, 0) is 31.4 Å². The minimum Gasteiger partial charge on any atom is -0.481 e. The highest BCUT2D eigenvalue weighted by Crippen LogP contribution is 2.33. The number of aryl methyl sites for hydroxylation is 1. The third-order valence-corrected chi connectivity index (χ3v) is 3.85. The lowest BCUT2D eigenvalue weighted by Crippen LogP contribution is -2.30. The molecule has 1 fully saturated rings. The van der Waals surface area contributed by atoms with E-state index in [-0.39, 0.29) is 11.6 Å². The molecule has 7 heteroatoms. The van der Waals surface area contributed by atoms with Gasteiger partial charge in [0.05, 0.1) is 16.8 Å². The smallest absolute Gasteiger partial charge is 0.307 e. The molecule has 7 nitrogen and oxygen atoms in total. The summed E-state index contributed by atoms with van der Waals surface area (Å²) in [6, 6.07) is 4.15. The third-order valence-electron chi connectivity index (χ3n) is 3.85. The van der Waals surface area contributed by atoms with E-state index in [2.05, 4.69) is 5.32 Å². The highest BCUT2D eigenvalue weighted by Gasteiger charge is 2.37. The first-order chi connectivity index (χ1) is 9.90. The van der Waals surface area contributed by atoms with E-state index in [9.17, 15) is 19.7 Å². The maximum absolute atomic E-state index is 12.2. The van der Waals surface area contributed by atoms with Crippen LogP contribution < -0.4 is 5.32 Å². The number of anilines is 1. The Hall–Kier alpha value is -2.44. The van der Waals surface area contributed by atoms with E-state index in [4.69, 9.17) is 5.11 Å². The highest BCUT2D eigenvalue weighted by molar-refractivity contribution is 5.96. The molecule has 2 unspecified atom stereocenters. The lowest BCUT2D eigenvalue weighted by atomic mass is 9.95. The molecule has 0 bridgehead atoms. The molecule has 21 heavy (non-hydrogen) atoms. The Morgan fingerprint density at radius 1 is 1.33 bits per heavy atom. The highest BCUT2D eigenvalue weighted by atomic mass is 16.6. The normalized spacial score (nSPS) is 21.0. The molecule has 2 rings (SSSR count). The molecule has 1 aromatic rings. The second kappa shape index (κ2) is 5.90. The van der Waals surface area contributed by atoms with Crippen LogP contribution in [0.1, 0.15) is 24.8 Å². The Morgan fingerprint density at radius 3 is 2.57 bits per heavy atom. The number of benzene rings is 1. The van der Waals surface area contributed by atoms with Crippen LogP contribution in [0, 0.1) is 28.9 Å². The maximum Gasteiger partial charge on any atom is 0.307 e. The molecule has 0 aliphatic heterocycles. The maximum atomic E-state index is 12.2. The monoisotopic (exact) mass is 292 g/mol. The van der Waals surface area contributed by atoms with Gasteiger partial charge >= 0.3 is 5.97 Å². The molecule has 0 radical (unpaired) electrons. The second-order valence-electron chi connectivity index (χ2n) is 5.23. The zero-order valence-corrected chi connectivity index (χ0v) is 11.5. The number of carbonyl (C=O) groups excluding carboxylic acids is 1. The summed E-state index contributed by atoms with van der Waals surface area (Å²) in [7, 11) is 0. The van der Waals surface area contributed by atoms with Gasteiger partial charge in [-0.15, -0.1) is 0 Å². The molecule has 2 N–H and O–H groups in total. The van der Waals surface area contributed by atoms with Crippen LogP contribution >= 0.6 is 0 Å². The van der Waals surface area contributed by atoms with E-state index in [1.807, 2.05) is 0 Å². The topological polar surface area (TPSA) is 110 Å². The van der Waals surface area contributed by atoms with Gasteiger partial charge in [-0.3, -0.25) is 19.7 Å². The largest absolute Gasteiger partial charge is 0.481 e. The fourth-order valence-electron chi connectivity index (χ4n) is 2.70. The zero-order chi connectivity index (χ0) is 15.6. The molecule has 1 aliphatic rings. The number of nitrogens with one attached hydrogen (secondary N) is 1. The summed E-state index contributed by atoms with van der Waals surface area (Å²) in [5.74, 6) is -2.48. The van der Waals surface area contributed by atoms with Gasteiger partial charge in [-0.25, -0.2) is 0 Å². The standard InChI is InChI=1S/C14H16N2O5/c1-8-7-9(16(20)21)5-6-12(8)15-13(17)10-3-2-4-11(10)14(18)19/h5-7,10-11H,2-4H2,1H3,(H,15,17)(H,18,19). The van der Waals surface area contributed by atoms with Gasteiger partial charge in [0.1, 0.15) is 0 Å². The number of hydrogen-bond acceptors (Lipinski definition) is 4. The summed E-state index contributed by atoms with van der Waals surface area (Å²) >= 11 is 0. The van der Waals surface area contributed by atoms with Crippen LogP contribution in [-0.2, 0) is 9.59 Å². The Kier molecular flexibility index (Phi) is 4.21. The van der Waals surface area contributed by atoms with Crippen LogP contribution in [0.3, 0.4) is 0 Å². The van der Waals surface area contributed by atoms with Gasteiger partial charge in [0.2, 0.25) is 5.91 Å². The molecule has 1 aromatic carbocycles. The van der Waals surface area contributed by atoms with E-state index in [0.717, 1.165) is 0 Å². The first kappa shape index (κ1) is 15.0. The van der Waals surface area contributed by atoms with Gasteiger partial charge in [-0.2, -0.15) is 0 Å². The van der Waals surface area contributed by atoms with Crippen LogP contribution in [0.25, 0.3) is 0 Å². The van der Waals surface area contributed by atoms with Crippen molar-refractivity contribution in [3.8, 4) is 0 Å². The Bertz CT molecular complexity index is 599. The predicted octanol–water partition coefficient (Wildman–Crippen LogP) is 2.34. The summed E-state index contributed by atoms with van der Waals surface area (Å²) in [6.45, 7) is 1.66. The number of nitro groups is 1. The average molecular weight is 292 g/mol. The number of amides is 1. The molecule has 0 aromatic heterocycles. The number of hydrogen-bond donors (Lipinski definition) is 2. The van der Waals surface area contributed by atoms with Crippen molar-refractivity contribution >= 4 is 23.3 Å². The molecule has 0 heterocycles. The van der Waals surface area contributed by atoms with Gasteiger partial charge in [-0.1, -0.05) is 6.42 Å². The SMILES string of the molecule is Cc1cc([N+](=O)[O-])ccc1NC(=O)C1CCCC1C(=O)O. The number of nitrogens with zero attached hydrogens (tertiary/aromatic N) is 1. The molecule has 0 saturated heterocycles. The Morgan fingerprint density at radius 2 is 2.00 bits per heavy atom. The second-order valence-corrected chi connectivity index (χ2v) is 5.23. The quantitative estimate of drug-likeness (QED) is 0.653. The summed E-state index contributed by atoms with van der Waals surface area (Å²) in [5.41, 5.74) is 0.999. The number of rotatable bonds is 4. The Labute approximate surface area is 121 Å². The minimum absolute atomic E-state index is 0.0465. The van der Waals surface area contributed by atoms with Crippen LogP contribution in [0.15, 0.2) is 18.2 Å². The number of non-ortho nitro benzene ring substituents is 1. The number of carboxylic acids is 1. The third kappa shape index (κ3) is 3.18. The van der Waals surface area contributed by atoms with E-state index in [1.165, 1.54) is 18.2 Å². The molecule has 0 spiro atoms. The molecule has 112 valence electrons. The Balaban J connectivity index is 2.13. The molecular weight excluding hydrogens is 276 g/mol. The minimum atomic E-state index is -0.951. The van der Waals surface area contributed by atoms with Crippen LogP contribution in [-0.4, -0.2) is 21.9 Å². The number of carbonyl (C=O) groups is 2. The van der Waals surface area contributed by atoms with Crippen LogP contribution in [0.2, 0.25) is 0 Å². The van der Waals surface area contributed by atoms with E-state index in [0.29, 0.717) is 30.5 Å². The van der Waals surface area contributed by atoms with Gasteiger partial charge in [0.15, 0.2) is 0 Å². The first-order valence-corrected chi connectivity index (χ1v) is 6.69. The van der Waals surface area contributed by atoms with Crippen molar-refractivity contribution in [3.05, 3.63) is 33.9 Å². The molecule has 2 atom stereocenters. The van der Waals surface area contributed by atoms with E-state index in [1.54, 1.807) is 6.92 Å². The van der Waals surface area contributed by atoms with E-state index >= 15 is 0 Å². The fourth-order valence-corrected chi connectivity index (χ4v) is 2.70. The number of aliphatic carboxylic acids is 1. The zero-order valence-electron chi connectivity index (χ0n) is 11.5. The first-order valence-electron chi connectivity index (χ1n) is 6.69. The van der Waals surface area contributed by atoms with Crippen molar-refractivity contribution in [2.75, 3.05) is 5.32 Å². The van der Waals surface area contributed by atoms with Crippen molar-refractivity contribution in [3.63, 3.8) is 0 Å². The van der Waals surface area contributed by atoms with Gasteiger partial charge in [0, 0.05) is 17.8 Å². The summed E-state index contributed by atoms with van der Waals surface area (Å²) < 4.78 is 0. The molecule has 1 aliphatic carbocycles. The average Bonchev–Trinajstić information content (AvgIpc) is 2.90. The molecular formula is C14H16N2O5. The summed E-state index contributed by atoms with van der Waals surface area (Å²) in [5, 5.41) is 22.4. The van der Waals surface area contributed by atoms with Crippen molar-refractivity contribution in [2.45, 2.75) is 26.2 Å². The number of nitro benzene ring substituents is 1. The number of carboxylic acid groups (broad SMARTS) is 1. The lowest BCUT2D eigenvalue weighted by molar-refractivity contribution is -0.384. The van der Waals surface area contributed by atoms with Crippen molar-refractivity contribution < 1.29 is 19.6 Å². The van der Waals surface area contributed by atoms with Crippen LogP contribution in [0.4, 0.5) is 11.4 Å². The molecule has 1 amide bonds. The van der Waals surface area contributed by atoms with Crippen LogP contribution in [0.5, 0.6) is 0 Å². The van der Waals surface area contributed by atoms with Gasteiger partial charge < -0.3 is 10.4 Å². The predicted molar refractivity (Wildman–Crippen MR) is 74.9 cm³/mol.